The number of benzene rings is 3. The second-order valence-electron chi connectivity index (χ2n) is 5.62. The maximum atomic E-state index is 13.0. The average molecular weight is 329 g/mol. The highest BCUT2D eigenvalue weighted by Crippen LogP contribution is 2.25. The van der Waals surface area contributed by atoms with E-state index in [-0.39, 0.29) is 5.91 Å². The van der Waals surface area contributed by atoms with E-state index in [4.69, 9.17) is 0 Å². The van der Waals surface area contributed by atoms with Crippen LogP contribution in [0.25, 0.3) is 10.8 Å². The van der Waals surface area contributed by atoms with Gasteiger partial charge in [0.1, 0.15) is 6.33 Å². The molecule has 4 aromatic rings. The Balaban J connectivity index is 1.72. The van der Waals surface area contributed by atoms with Gasteiger partial charge < -0.3 is 5.32 Å². The molecule has 1 amide bonds. The smallest absolute Gasteiger partial charge is 0.253 e. The summed E-state index contributed by atoms with van der Waals surface area (Å²) in [4.78, 5) is 13.0. The predicted octanol–water partition coefficient (Wildman–Crippen LogP) is 3.05. The van der Waals surface area contributed by atoms with Gasteiger partial charge in [0.25, 0.3) is 5.91 Å². The predicted molar refractivity (Wildman–Crippen MR) is 95.0 cm³/mol. The molecule has 1 aromatic heterocycles. The lowest BCUT2D eigenvalue weighted by atomic mass is 10.1. The number of fused-ring (bicyclic) bond motifs is 1. The molecule has 1 N–H and O–H groups in total. The van der Waals surface area contributed by atoms with Crippen LogP contribution < -0.4 is 5.32 Å². The van der Waals surface area contributed by atoms with Gasteiger partial charge in [0.15, 0.2) is 6.04 Å². The van der Waals surface area contributed by atoms with Gasteiger partial charge in [-0.15, -0.1) is 5.10 Å². The molecule has 0 radical (unpaired) electrons. The molecule has 0 spiro atoms. The standard InChI is InChI=1S/C19H15N5O/c25-19(21-17-12-6-10-14-7-4-5-11-16(14)17)18(24-13-20-22-23-24)15-8-2-1-3-9-15/h1-13,18H,(H,21,25)/t18-/m1/s1. The van der Waals surface area contributed by atoms with Crippen molar-refractivity contribution in [3.05, 3.63) is 84.7 Å². The highest BCUT2D eigenvalue weighted by atomic mass is 16.2. The number of carbonyl (C=O) groups excluding carboxylic acids is 1. The van der Waals surface area contributed by atoms with Gasteiger partial charge in [-0.1, -0.05) is 66.7 Å². The summed E-state index contributed by atoms with van der Waals surface area (Å²) >= 11 is 0. The first kappa shape index (κ1) is 15.0. The van der Waals surface area contributed by atoms with Gasteiger partial charge in [0.05, 0.1) is 0 Å². The SMILES string of the molecule is O=C(Nc1cccc2ccccc12)[C@@H](c1ccccc1)n1cnnn1. The summed E-state index contributed by atoms with van der Waals surface area (Å²) in [6.07, 6.45) is 1.44. The molecule has 0 aliphatic rings. The van der Waals surface area contributed by atoms with E-state index in [2.05, 4.69) is 20.8 Å². The molecule has 25 heavy (non-hydrogen) atoms. The lowest BCUT2D eigenvalue weighted by Crippen LogP contribution is -2.27. The van der Waals surface area contributed by atoms with Crippen LogP contribution in [0.5, 0.6) is 0 Å². The van der Waals surface area contributed by atoms with Crippen LogP contribution in [-0.4, -0.2) is 26.1 Å². The van der Waals surface area contributed by atoms with E-state index < -0.39 is 6.04 Å². The Hall–Kier alpha value is -3.54. The van der Waals surface area contributed by atoms with Crippen molar-refractivity contribution in [1.82, 2.24) is 20.2 Å². The van der Waals surface area contributed by atoms with Crippen LogP contribution in [0.2, 0.25) is 0 Å². The van der Waals surface area contributed by atoms with E-state index in [1.165, 1.54) is 11.0 Å². The number of aromatic nitrogens is 4. The van der Waals surface area contributed by atoms with Gasteiger partial charge in [-0.25, -0.2) is 4.68 Å². The second-order valence-corrected chi connectivity index (χ2v) is 5.62. The molecule has 1 atom stereocenters. The zero-order valence-corrected chi connectivity index (χ0v) is 13.3. The average Bonchev–Trinajstić information content (AvgIpc) is 3.17. The Kier molecular flexibility index (Phi) is 3.92. The van der Waals surface area contributed by atoms with Crippen LogP contribution in [0.15, 0.2) is 79.1 Å². The monoisotopic (exact) mass is 329 g/mol. The number of hydrogen-bond donors (Lipinski definition) is 1. The second kappa shape index (κ2) is 6.52. The fourth-order valence-corrected chi connectivity index (χ4v) is 2.88. The summed E-state index contributed by atoms with van der Waals surface area (Å²) in [5, 5.41) is 16.3. The van der Waals surface area contributed by atoms with E-state index in [1.54, 1.807) is 0 Å². The molecule has 3 aromatic carbocycles. The summed E-state index contributed by atoms with van der Waals surface area (Å²) in [5.74, 6) is -0.199. The molecule has 6 heteroatoms. The lowest BCUT2D eigenvalue weighted by Gasteiger charge is -2.17. The van der Waals surface area contributed by atoms with Gasteiger partial charge >= 0.3 is 0 Å². The van der Waals surface area contributed by atoms with Crippen molar-refractivity contribution in [2.45, 2.75) is 6.04 Å². The van der Waals surface area contributed by atoms with Gasteiger partial charge in [0, 0.05) is 11.1 Å². The Bertz CT molecular complexity index is 993. The zero-order valence-electron chi connectivity index (χ0n) is 13.3. The molecule has 0 saturated carbocycles. The van der Waals surface area contributed by atoms with Crippen LogP contribution in [0.4, 0.5) is 5.69 Å². The highest BCUT2D eigenvalue weighted by molar-refractivity contribution is 6.04. The fourth-order valence-electron chi connectivity index (χ4n) is 2.88. The number of anilines is 1. The quantitative estimate of drug-likeness (QED) is 0.624. The van der Waals surface area contributed by atoms with Crippen molar-refractivity contribution >= 4 is 22.4 Å². The van der Waals surface area contributed by atoms with E-state index in [1.807, 2.05) is 72.8 Å². The number of nitrogens with one attached hydrogen (secondary N) is 1. The van der Waals surface area contributed by atoms with Crippen molar-refractivity contribution in [2.75, 3.05) is 5.32 Å². The molecule has 0 aliphatic heterocycles. The van der Waals surface area contributed by atoms with Gasteiger partial charge in [0.2, 0.25) is 0 Å². The molecule has 4 rings (SSSR count). The van der Waals surface area contributed by atoms with E-state index >= 15 is 0 Å². The number of nitrogens with zero attached hydrogens (tertiary/aromatic N) is 4. The number of carbonyl (C=O) groups is 1. The van der Waals surface area contributed by atoms with E-state index in [0.29, 0.717) is 0 Å². The third kappa shape index (κ3) is 2.97. The first-order chi connectivity index (χ1) is 12.3. The first-order valence-electron chi connectivity index (χ1n) is 7.89. The van der Waals surface area contributed by atoms with Gasteiger partial charge in [-0.05, 0) is 27.4 Å². The van der Waals surface area contributed by atoms with Gasteiger partial charge in [-0.3, -0.25) is 4.79 Å². The Morgan fingerprint density at radius 2 is 1.68 bits per heavy atom. The van der Waals surface area contributed by atoms with Gasteiger partial charge in [-0.2, -0.15) is 0 Å². The summed E-state index contributed by atoms with van der Waals surface area (Å²) in [7, 11) is 0. The van der Waals surface area contributed by atoms with E-state index in [9.17, 15) is 4.79 Å². The Morgan fingerprint density at radius 1 is 0.920 bits per heavy atom. The molecular weight excluding hydrogens is 314 g/mol. The summed E-state index contributed by atoms with van der Waals surface area (Å²) in [5.41, 5.74) is 1.57. The summed E-state index contributed by atoms with van der Waals surface area (Å²) < 4.78 is 1.45. The third-order valence-corrected chi connectivity index (χ3v) is 4.04. The van der Waals surface area contributed by atoms with Crippen LogP contribution in [0.3, 0.4) is 0 Å². The molecule has 0 unspecified atom stereocenters. The Labute approximate surface area is 144 Å². The number of amides is 1. The van der Waals surface area contributed by atoms with Crippen LogP contribution in [0.1, 0.15) is 11.6 Å². The fraction of sp³-hybridized carbons (Fsp3) is 0.0526. The van der Waals surface area contributed by atoms with Crippen LogP contribution in [-0.2, 0) is 4.79 Å². The minimum atomic E-state index is -0.643. The molecule has 122 valence electrons. The molecular formula is C19H15N5O. The summed E-state index contributed by atoms with van der Waals surface area (Å²) in [6.45, 7) is 0. The highest BCUT2D eigenvalue weighted by Gasteiger charge is 2.24. The minimum absolute atomic E-state index is 0.199. The topological polar surface area (TPSA) is 72.7 Å². The Morgan fingerprint density at radius 3 is 2.48 bits per heavy atom. The van der Waals surface area contributed by atoms with Crippen molar-refractivity contribution in [2.24, 2.45) is 0 Å². The molecule has 0 saturated heterocycles. The summed E-state index contributed by atoms with van der Waals surface area (Å²) in [6, 6.07) is 22.6. The maximum absolute atomic E-state index is 13.0. The largest absolute Gasteiger partial charge is 0.323 e. The van der Waals surface area contributed by atoms with Crippen LogP contribution in [0, 0.1) is 0 Å². The van der Waals surface area contributed by atoms with Crippen molar-refractivity contribution in [3.63, 3.8) is 0 Å². The molecule has 0 fully saturated rings. The van der Waals surface area contributed by atoms with Crippen molar-refractivity contribution < 1.29 is 4.79 Å². The lowest BCUT2D eigenvalue weighted by molar-refractivity contribution is -0.118. The van der Waals surface area contributed by atoms with Crippen molar-refractivity contribution in [1.29, 1.82) is 0 Å². The first-order valence-corrected chi connectivity index (χ1v) is 7.89. The minimum Gasteiger partial charge on any atom is -0.323 e. The molecule has 6 nitrogen and oxygen atoms in total. The van der Waals surface area contributed by atoms with Crippen LogP contribution >= 0.6 is 0 Å². The molecule has 1 heterocycles. The zero-order chi connectivity index (χ0) is 17.1. The number of hydrogen-bond acceptors (Lipinski definition) is 4. The third-order valence-electron chi connectivity index (χ3n) is 4.04. The molecule has 0 bridgehead atoms. The van der Waals surface area contributed by atoms with Crippen molar-refractivity contribution in [3.8, 4) is 0 Å². The normalized spacial score (nSPS) is 12.0. The number of tetrazole rings is 1. The number of rotatable bonds is 4. The van der Waals surface area contributed by atoms with E-state index in [0.717, 1.165) is 22.0 Å². The molecule has 0 aliphatic carbocycles. The maximum Gasteiger partial charge on any atom is 0.253 e.